The van der Waals surface area contributed by atoms with Gasteiger partial charge in [-0.2, -0.15) is 5.10 Å². The molecule has 0 spiro atoms. The Kier molecular flexibility index (Phi) is 6.28. The lowest BCUT2D eigenvalue weighted by Crippen LogP contribution is -2.39. The summed E-state index contributed by atoms with van der Waals surface area (Å²) in [5, 5.41) is 4.71. The molecular formula is C28H26N4O3S. The maximum atomic E-state index is 13.8. The third-order valence-corrected chi connectivity index (χ3v) is 7.24. The number of carbonyl (C=O) groups is 1. The van der Waals surface area contributed by atoms with Crippen LogP contribution in [0.4, 0.5) is 0 Å². The van der Waals surface area contributed by atoms with E-state index in [-0.39, 0.29) is 12.2 Å². The minimum atomic E-state index is -0.613. The second-order valence-electron chi connectivity index (χ2n) is 8.54. The summed E-state index contributed by atoms with van der Waals surface area (Å²) in [5.74, 6) is -0.460. The van der Waals surface area contributed by atoms with Gasteiger partial charge in [-0.25, -0.2) is 14.5 Å². The molecular weight excluding hydrogens is 472 g/mol. The molecule has 36 heavy (non-hydrogen) atoms. The Morgan fingerprint density at radius 2 is 1.72 bits per heavy atom. The van der Waals surface area contributed by atoms with Crippen molar-refractivity contribution in [3.63, 3.8) is 0 Å². The molecule has 4 aromatic rings. The van der Waals surface area contributed by atoms with Crippen molar-refractivity contribution in [2.75, 3.05) is 6.61 Å². The lowest BCUT2D eigenvalue weighted by molar-refractivity contribution is -0.139. The second kappa shape index (κ2) is 9.54. The SMILES string of the molecule is CCOC(=O)C1=C(C)N=c2sc(=Cc3c(C)nn(-c4ccccc4)c3C)c(=O)n2C1c1ccccc1. The van der Waals surface area contributed by atoms with E-state index in [0.29, 0.717) is 20.6 Å². The van der Waals surface area contributed by atoms with E-state index in [1.807, 2.05) is 85.3 Å². The van der Waals surface area contributed by atoms with Crippen molar-refractivity contribution in [2.24, 2.45) is 4.99 Å². The zero-order valence-corrected chi connectivity index (χ0v) is 21.4. The van der Waals surface area contributed by atoms with E-state index >= 15 is 0 Å². The summed E-state index contributed by atoms with van der Waals surface area (Å²) in [6.07, 6.45) is 1.88. The Morgan fingerprint density at radius 3 is 2.39 bits per heavy atom. The fourth-order valence-corrected chi connectivity index (χ4v) is 5.59. The molecule has 0 saturated carbocycles. The highest BCUT2D eigenvalue weighted by molar-refractivity contribution is 7.07. The summed E-state index contributed by atoms with van der Waals surface area (Å²) in [5.41, 5.74) is 5.17. The number of rotatable bonds is 5. The van der Waals surface area contributed by atoms with Crippen LogP contribution in [0.5, 0.6) is 0 Å². The summed E-state index contributed by atoms with van der Waals surface area (Å²) in [4.78, 5) is 32.0. The van der Waals surface area contributed by atoms with Gasteiger partial charge in [0.15, 0.2) is 4.80 Å². The molecule has 1 aliphatic heterocycles. The van der Waals surface area contributed by atoms with E-state index in [1.54, 1.807) is 18.4 Å². The highest BCUT2D eigenvalue weighted by atomic mass is 32.1. The maximum Gasteiger partial charge on any atom is 0.338 e. The lowest BCUT2D eigenvalue weighted by Gasteiger charge is -2.24. The van der Waals surface area contributed by atoms with Gasteiger partial charge in [-0.3, -0.25) is 9.36 Å². The number of aryl methyl sites for hydroxylation is 1. The summed E-state index contributed by atoms with van der Waals surface area (Å²) >= 11 is 1.31. The van der Waals surface area contributed by atoms with Gasteiger partial charge < -0.3 is 4.74 Å². The molecule has 1 atom stereocenters. The van der Waals surface area contributed by atoms with Gasteiger partial charge in [-0.15, -0.1) is 0 Å². The third-order valence-electron chi connectivity index (χ3n) is 6.26. The Labute approximate surface area is 212 Å². The van der Waals surface area contributed by atoms with Crippen molar-refractivity contribution < 1.29 is 9.53 Å². The van der Waals surface area contributed by atoms with Gasteiger partial charge in [0, 0.05) is 11.3 Å². The predicted octanol–water partition coefficient (Wildman–Crippen LogP) is 3.60. The standard InChI is InChI=1S/C28H26N4O3S/c1-5-35-27(34)24-18(3)29-28-31(25(24)20-12-8-6-9-13-20)26(33)23(36-28)16-22-17(2)30-32(19(22)4)21-14-10-7-11-15-21/h6-16,25H,5H2,1-4H3. The first-order valence-corrected chi connectivity index (χ1v) is 12.6. The van der Waals surface area contributed by atoms with Gasteiger partial charge in [0.2, 0.25) is 0 Å². The first kappa shape index (κ1) is 23.7. The van der Waals surface area contributed by atoms with Gasteiger partial charge in [0.05, 0.1) is 39.8 Å². The lowest BCUT2D eigenvalue weighted by atomic mass is 9.96. The van der Waals surface area contributed by atoms with E-state index in [4.69, 9.17) is 9.84 Å². The van der Waals surface area contributed by atoms with Crippen LogP contribution in [-0.2, 0) is 9.53 Å². The number of hydrogen-bond acceptors (Lipinski definition) is 6. The molecule has 0 radical (unpaired) electrons. The molecule has 0 aliphatic carbocycles. The molecule has 1 unspecified atom stereocenters. The van der Waals surface area contributed by atoms with Crippen LogP contribution in [0.1, 0.15) is 42.4 Å². The monoisotopic (exact) mass is 498 g/mol. The van der Waals surface area contributed by atoms with Crippen LogP contribution in [-0.4, -0.2) is 26.9 Å². The first-order chi connectivity index (χ1) is 17.4. The fourth-order valence-electron chi connectivity index (χ4n) is 4.56. The van der Waals surface area contributed by atoms with Crippen molar-refractivity contribution in [3.05, 3.63) is 114 Å². The Bertz CT molecular complexity index is 1660. The zero-order chi connectivity index (χ0) is 25.4. The normalized spacial score (nSPS) is 15.6. The molecule has 2 aromatic heterocycles. The summed E-state index contributed by atoms with van der Waals surface area (Å²) < 4.78 is 9.37. The molecule has 2 aromatic carbocycles. The number of benzene rings is 2. The Morgan fingerprint density at radius 1 is 1.06 bits per heavy atom. The molecule has 0 amide bonds. The first-order valence-electron chi connectivity index (χ1n) is 11.8. The number of fused-ring (bicyclic) bond motifs is 1. The van der Waals surface area contributed by atoms with Crippen LogP contribution in [0, 0.1) is 13.8 Å². The maximum absolute atomic E-state index is 13.8. The molecule has 5 rings (SSSR count). The fraction of sp³-hybridized carbons (Fsp3) is 0.214. The van der Waals surface area contributed by atoms with Crippen LogP contribution < -0.4 is 14.9 Å². The molecule has 0 saturated heterocycles. The summed E-state index contributed by atoms with van der Waals surface area (Å²) in [7, 11) is 0. The molecule has 7 nitrogen and oxygen atoms in total. The Balaban J connectivity index is 1.70. The summed E-state index contributed by atoms with van der Waals surface area (Å²) in [6, 6.07) is 18.8. The molecule has 182 valence electrons. The molecule has 8 heteroatoms. The van der Waals surface area contributed by atoms with Crippen LogP contribution in [0.2, 0.25) is 0 Å². The zero-order valence-electron chi connectivity index (χ0n) is 20.6. The van der Waals surface area contributed by atoms with Crippen molar-refractivity contribution >= 4 is 23.4 Å². The van der Waals surface area contributed by atoms with Gasteiger partial charge in [0.25, 0.3) is 5.56 Å². The number of thiazole rings is 1. The molecule has 3 heterocycles. The summed E-state index contributed by atoms with van der Waals surface area (Å²) in [6.45, 7) is 7.72. The van der Waals surface area contributed by atoms with E-state index in [9.17, 15) is 9.59 Å². The van der Waals surface area contributed by atoms with E-state index in [2.05, 4.69) is 4.99 Å². The molecule has 1 aliphatic rings. The average Bonchev–Trinajstić information content (AvgIpc) is 3.34. The van der Waals surface area contributed by atoms with Crippen LogP contribution in [0.15, 0.2) is 81.7 Å². The van der Waals surface area contributed by atoms with E-state index in [1.165, 1.54) is 11.3 Å². The largest absolute Gasteiger partial charge is 0.463 e. The van der Waals surface area contributed by atoms with Crippen molar-refractivity contribution in [1.29, 1.82) is 0 Å². The minimum absolute atomic E-state index is 0.201. The highest BCUT2D eigenvalue weighted by Crippen LogP contribution is 2.30. The van der Waals surface area contributed by atoms with Gasteiger partial charge in [0.1, 0.15) is 0 Å². The van der Waals surface area contributed by atoms with Gasteiger partial charge >= 0.3 is 5.97 Å². The van der Waals surface area contributed by atoms with Crippen LogP contribution in [0.3, 0.4) is 0 Å². The number of para-hydroxylation sites is 1. The molecule has 0 bridgehead atoms. The highest BCUT2D eigenvalue weighted by Gasteiger charge is 2.33. The number of aromatic nitrogens is 3. The molecule has 0 N–H and O–H groups in total. The van der Waals surface area contributed by atoms with Gasteiger partial charge in [-0.05, 0) is 51.5 Å². The minimum Gasteiger partial charge on any atom is -0.463 e. The topological polar surface area (TPSA) is 78.5 Å². The van der Waals surface area contributed by atoms with E-state index < -0.39 is 12.0 Å². The molecule has 0 fully saturated rings. The number of hydrogen-bond donors (Lipinski definition) is 0. The van der Waals surface area contributed by atoms with Crippen molar-refractivity contribution in [3.8, 4) is 5.69 Å². The Hall–Kier alpha value is -4.04. The number of allylic oxidation sites excluding steroid dienone is 1. The third kappa shape index (κ3) is 4.03. The van der Waals surface area contributed by atoms with Crippen LogP contribution in [0.25, 0.3) is 11.8 Å². The van der Waals surface area contributed by atoms with Crippen molar-refractivity contribution in [1.82, 2.24) is 14.3 Å². The number of esters is 1. The quantitative estimate of drug-likeness (QED) is 0.394. The average molecular weight is 499 g/mol. The predicted molar refractivity (Wildman–Crippen MR) is 140 cm³/mol. The number of carbonyl (C=O) groups excluding carboxylic acids is 1. The number of nitrogens with zero attached hydrogens (tertiary/aromatic N) is 4. The number of ether oxygens (including phenoxy) is 1. The van der Waals surface area contributed by atoms with E-state index in [0.717, 1.165) is 28.2 Å². The van der Waals surface area contributed by atoms with Crippen molar-refractivity contribution in [2.45, 2.75) is 33.7 Å². The van der Waals surface area contributed by atoms with Gasteiger partial charge in [-0.1, -0.05) is 59.9 Å². The smallest absolute Gasteiger partial charge is 0.338 e. The second-order valence-corrected chi connectivity index (χ2v) is 9.55. The van der Waals surface area contributed by atoms with Crippen LogP contribution >= 0.6 is 11.3 Å².